The zero-order chi connectivity index (χ0) is 26.4. The maximum Gasteiger partial charge on any atom is 0.331 e. The molecule has 3 fully saturated rings. The molecule has 3 heterocycles. The van der Waals surface area contributed by atoms with Crippen molar-refractivity contribution in [2.24, 2.45) is 10.8 Å². The van der Waals surface area contributed by atoms with Crippen molar-refractivity contribution in [2.45, 2.75) is 89.5 Å². The van der Waals surface area contributed by atoms with Crippen LogP contribution in [-0.2, 0) is 33.3 Å². The van der Waals surface area contributed by atoms with E-state index in [1.807, 2.05) is 6.92 Å². The summed E-state index contributed by atoms with van der Waals surface area (Å²) in [5.74, 6) is -0.891. The van der Waals surface area contributed by atoms with Crippen molar-refractivity contribution < 1.29 is 38.4 Å². The van der Waals surface area contributed by atoms with E-state index in [2.05, 4.69) is 19.9 Å². The fourth-order valence-corrected chi connectivity index (χ4v) is 6.80. The second kappa shape index (κ2) is 9.80. The van der Waals surface area contributed by atoms with Gasteiger partial charge in [-0.05, 0) is 40.0 Å². The van der Waals surface area contributed by atoms with Gasteiger partial charge >= 0.3 is 11.9 Å². The lowest BCUT2D eigenvalue weighted by Gasteiger charge is -2.58. The standard InChI is InChI=1S/C29H38O8/c1-18-9-11-28-16-34-26(32)14-19(2)10-12-33-20(3)21(30)7-5-6-8-25(31)37-22-15-24(36-23(28)13-18)29(17-35-29)27(22,28)4/h5-8,13-14,20-24,30H,9-12,15-17H2,1-4H3/b7-5+,8-6-,19-14+/t20-,21+,22+,23-,24+,27+,28-,29-/m0/s1. The summed E-state index contributed by atoms with van der Waals surface area (Å²) in [7, 11) is 0. The molecule has 2 aliphatic carbocycles. The summed E-state index contributed by atoms with van der Waals surface area (Å²) >= 11 is 0. The number of epoxide rings is 1. The molecule has 1 saturated carbocycles. The number of cyclic esters (lactones) is 1. The fourth-order valence-electron chi connectivity index (χ4n) is 6.80. The molecule has 0 unspecified atom stereocenters. The highest BCUT2D eigenvalue weighted by molar-refractivity contribution is 5.83. The van der Waals surface area contributed by atoms with Crippen molar-refractivity contribution in [3.63, 3.8) is 0 Å². The molecule has 5 aliphatic rings. The Bertz CT molecular complexity index is 1050. The van der Waals surface area contributed by atoms with E-state index in [4.69, 9.17) is 23.7 Å². The normalized spacial score (nSPS) is 47.6. The highest BCUT2D eigenvalue weighted by Crippen LogP contribution is 2.72. The van der Waals surface area contributed by atoms with Crippen LogP contribution in [0.4, 0.5) is 0 Å². The van der Waals surface area contributed by atoms with Gasteiger partial charge in [-0.1, -0.05) is 42.4 Å². The van der Waals surface area contributed by atoms with Crippen LogP contribution in [0.5, 0.6) is 0 Å². The molecule has 0 aromatic heterocycles. The van der Waals surface area contributed by atoms with E-state index in [0.29, 0.717) is 26.1 Å². The van der Waals surface area contributed by atoms with Gasteiger partial charge < -0.3 is 28.8 Å². The molecular weight excluding hydrogens is 476 g/mol. The van der Waals surface area contributed by atoms with Crippen molar-refractivity contribution in [3.05, 3.63) is 47.6 Å². The predicted molar refractivity (Wildman–Crippen MR) is 134 cm³/mol. The third kappa shape index (κ3) is 4.42. The van der Waals surface area contributed by atoms with Crippen LogP contribution in [0, 0.1) is 10.8 Å². The van der Waals surface area contributed by atoms with E-state index in [1.165, 1.54) is 17.7 Å². The van der Waals surface area contributed by atoms with Crippen LogP contribution in [0.15, 0.2) is 47.6 Å². The van der Waals surface area contributed by atoms with Gasteiger partial charge in [0.05, 0.1) is 43.0 Å². The lowest BCUT2D eigenvalue weighted by molar-refractivity contribution is -0.232. The van der Waals surface area contributed by atoms with Gasteiger partial charge in [-0.25, -0.2) is 9.59 Å². The Morgan fingerprint density at radius 2 is 1.81 bits per heavy atom. The Kier molecular flexibility index (Phi) is 6.98. The van der Waals surface area contributed by atoms with Gasteiger partial charge in [0, 0.05) is 24.0 Å². The van der Waals surface area contributed by atoms with E-state index < -0.39 is 46.7 Å². The summed E-state index contributed by atoms with van der Waals surface area (Å²) in [4.78, 5) is 25.8. The minimum absolute atomic E-state index is 0.144. The van der Waals surface area contributed by atoms with Crippen LogP contribution in [-0.4, -0.2) is 73.0 Å². The van der Waals surface area contributed by atoms with Crippen molar-refractivity contribution in [1.82, 2.24) is 0 Å². The van der Waals surface area contributed by atoms with Gasteiger partial charge in [0.2, 0.25) is 0 Å². The number of carbonyl (C=O) groups is 2. The monoisotopic (exact) mass is 514 g/mol. The number of ether oxygens (including phenoxy) is 5. The van der Waals surface area contributed by atoms with Crippen molar-refractivity contribution in [2.75, 3.05) is 19.8 Å². The van der Waals surface area contributed by atoms with Crippen LogP contribution in [0.3, 0.4) is 0 Å². The molecule has 0 radical (unpaired) electrons. The first-order chi connectivity index (χ1) is 17.6. The Morgan fingerprint density at radius 1 is 1.03 bits per heavy atom. The van der Waals surface area contributed by atoms with Crippen LogP contribution in [0.2, 0.25) is 0 Å². The molecule has 8 nitrogen and oxygen atoms in total. The topological polar surface area (TPSA) is 104 Å². The summed E-state index contributed by atoms with van der Waals surface area (Å²) in [5.41, 5.74) is 0.297. The Hall–Kier alpha value is -2.26. The zero-order valence-electron chi connectivity index (χ0n) is 22.1. The van der Waals surface area contributed by atoms with Gasteiger partial charge in [0.15, 0.2) is 0 Å². The molecule has 0 aromatic carbocycles. The molecule has 37 heavy (non-hydrogen) atoms. The number of aliphatic hydroxyl groups excluding tert-OH is 1. The van der Waals surface area contributed by atoms with Crippen molar-refractivity contribution >= 4 is 11.9 Å². The summed E-state index contributed by atoms with van der Waals surface area (Å²) in [6.45, 7) is 8.88. The number of rotatable bonds is 0. The fraction of sp³-hybridized carbons (Fsp3) is 0.655. The lowest BCUT2D eigenvalue weighted by atomic mass is 9.51. The largest absolute Gasteiger partial charge is 0.462 e. The highest BCUT2D eigenvalue weighted by Gasteiger charge is 2.83. The van der Waals surface area contributed by atoms with Gasteiger partial charge in [-0.15, -0.1) is 0 Å². The van der Waals surface area contributed by atoms with Gasteiger partial charge in [0.25, 0.3) is 0 Å². The minimum atomic E-state index is -0.839. The number of hydrogen-bond acceptors (Lipinski definition) is 8. The van der Waals surface area contributed by atoms with Gasteiger partial charge in [-0.3, -0.25) is 0 Å². The molecule has 0 amide bonds. The Labute approximate surface area is 218 Å². The van der Waals surface area contributed by atoms with E-state index in [9.17, 15) is 14.7 Å². The summed E-state index contributed by atoms with van der Waals surface area (Å²) in [6.07, 6.45) is 10.2. The van der Waals surface area contributed by atoms with Crippen LogP contribution < -0.4 is 0 Å². The smallest absolute Gasteiger partial charge is 0.331 e. The van der Waals surface area contributed by atoms with E-state index in [0.717, 1.165) is 18.4 Å². The number of carbonyl (C=O) groups excluding carboxylic acids is 2. The lowest BCUT2D eigenvalue weighted by Crippen LogP contribution is -2.66. The molecule has 8 heteroatoms. The third-order valence-electron chi connectivity index (χ3n) is 9.32. The second-order valence-electron chi connectivity index (χ2n) is 11.4. The zero-order valence-corrected chi connectivity index (χ0v) is 22.1. The molecule has 0 aromatic rings. The molecule has 2 bridgehead atoms. The highest BCUT2D eigenvalue weighted by atomic mass is 16.6. The molecule has 5 rings (SSSR count). The van der Waals surface area contributed by atoms with Crippen LogP contribution in [0.25, 0.3) is 0 Å². The summed E-state index contributed by atoms with van der Waals surface area (Å²) in [6, 6.07) is 0. The number of aliphatic hydroxyl groups is 1. The first-order valence-electron chi connectivity index (χ1n) is 13.3. The molecule has 3 aliphatic heterocycles. The SMILES string of the molecule is CC1=C[C@@H]2O[C@@H]3C[C@H]4OC(=O)/C=C\C=C\[C@@H](O)[C@H](C)OCC/C(C)=C/C(=O)OC[C@]2(CC1)[C@]4(C)[C@]31CO1. The van der Waals surface area contributed by atoms with E-state index in [1.54, 1.807) is 25.2 Å². The average Bonchev–Trinajstić information content (AvgIpc) is 3.63. The summed E-state index contributed by atoms with van der Waals surface area (Å²) in [5, 5.41) is 10.3. The number of hydrogen-bond donors (Lipinski definition) is 1. The quantitative estimate of drug-likeness (QED) is 0.298. The van der Waals surface area contributed by atoms with Crippen molar-refractivity contribution in [1.29, 1.82) is 0 Å². The first-order valence-corrected chi connectivity index (χ1v) is 13.3. The molecule has 1 N–H and O–H groups in total. The predicted octanol–water partition coefficient (Wildman–Crippen LogP) is 3.34. The number of esters is 2. The van der Waals surface area contributed by atoms with E-state index >= 15 is 0 Å². The average molecular weight is 515 g/mol. The molecule has 2 spiro atoms. The van der Waals surface area contributed by atoms with Gasteiger partial charge in [0.1, 0.15) is 18.3 Å². The number of allylic oxidation sites excluding steroid dienone is 3. The maximum atomic E-state index is 12.9. The minimum Gasteiger partial charge on any atom is -0.462 e. The molecule has 202 valence electrons. The Morgan fingerprint density at radius 3 is 2.57 bits per heavy atom. The first kappa shape index (κ1) is 26.4. The summed E-state index contributed by atoms with van der Waals surface area (Å²) < 4.78 is 30.5. The molecule has 8 atom stereocenters. The Balaban J connectivity index is 1.50. The molecule has 2 saturated heterocycles. The van der Waals surface area contributed by atoms with E-state index in [-0.39, 0.29) is 18.8 Å². The third-order valence-corrected chi connectivity index (χ3v) is 9.32. The maximum absolute atomic E-state index is 12.9. The van der Waals surface area contributed by atoms with Crippen molar-refractivity contribution in [3.8, 4) is 0 Å². The van der Waals surface area contributed by atoms with Crippen LogP contribution >= 0.6 is 0 Å². The van der Waals surface area contributed by atoms with Gasteiger partial charge in [-0.2, -0.15) is 0 Å². The second-order valence-corrected chi connectivity index (χ2v) is 11.4. The van der Waals surface area contributed by atoms with Crippen LogP contribution in [0.1, 0.15) is 53.4 Å². The molecular formula is C29H38O8.